The number of rotatable bonds is 5. The molecule has 3 aromatic rings. The van der Waals surface area contributed by atoms with Crippen molar-refractivity contribution in [3.8, 4) is 22.4 Å². The molecule has 0 unspecified atom stereocenters. The summed E-state index contributed by atoms with van der Waals surface area (Å²) in [6, 6.07) is 10.1. The van der Waals surface area contributed by atoms with Gasteiger partial charge < -0.3 is 15.2 Å². The zero-order valence-corrected chi connectivity index (χ0v) is 21.2. The quantitative estimate of drug-likeness (QED) is 0.475. The standard InChI is InChI=1S/C29H32F2N4O/c1-16(2)25(32-4)27(36)35-15-28(9-10-28)13-24(35)26-33-14-23(34-26)18-6-8-20-19-7-5-17(3)11-21(19)29(30,31)22(20)12-18/h5-8,11-12,14,16,24-25,32H,9-10,13,15H2,1-4H3,(H,33,34)/t24-,25-/m0/s1. The molecule has 1 saturated carbocycles. The van der Waals surface area contributed by atoms with Crippen LogP contribution in [0.15, 0.2) is 42.6 Å². The highest BCUT2D eigenvalue weighted by Gasteiger charge is 2.55. The molecule has 5 nitrogen and oxygen atoms in total. The third-order valence-electron chi connectivity index (χ3n) is 8.38. The van der Waals surface area contributed by atoms with Gasteiger partial charge in [0.05, 0.1) is 24.0 Å². The molecule has 7 heteroatoms. The van der Waals surface area contributed by atoms with E-state index in [0.29, 0.717) is 22.4 Å². The van der Waals surface area contributed by atoms with E-state index >= 15 is 8.78 Å². The molecule has 2 fully saturated rings. The van der Waals surface area contributed by atoms with Gasteiger partial charge in [-0.25, -0.2) is 4.98 Å². The summed E-state index contributed by atoms with van der Waals surface area (Å²) in [5.41, 5.74) is 3.64. The highest BCUT2D eigenvalue weighted by molar-refractivity contribution is 5.83. The number of H-pyrrole nitrogens is 1. The number of fused-ring (bicyclic) bond motifs is 3. The summed E-state index contributed by atoms with van der Waals surface area (Å²) in [6.07, 6.45) is 4.86. The number of amides is 1. The molecule has 2 aliphatic carbocycles. The van der Waals surface area contributed by atoms with Crippen LogP contribution in [0.25, 0.3) is 22.4 Å². The second-order valence-electron chi connectivity index (χ2n) is 11.3. The second kappa shape index (κ2) is 7.97. The van der Waals surface area contributed by atoms with E-state index in [2.05, 4.69) is 15.3 Å². The van der Waals surface area contributed by atoms with Gasteiger partial charge in [-0.15, -0.1) is 0 Å². The number of aromatic nitrogens is 2. The van der Waals surface area contributed by atoms with Crippen molar-refractivity contribution in [1.82, 2.24) is 20.2 Å². The summed E-state index contributed by atoms with van der Waals surface area (Å²) in [7, 11) is 1.83. The molecule has 188 valence electrons. The lowest BCUT2D eigenvalue weighted by molar-refractivity contribution is -0.135. The Bertz CT molecular complexity index is 1360. The Balaban J connectivity index is 1.32. The lowest BCUT2D eigenvalue weighted by Crippen LogP contribution is -2.48. The topological polar surface area (TPSA) is 61.0 Å². The molecule has 0 bridgehead atoms. The van der Waals surface area contributed by atoms with Crippen LogP contribution in [0.2, 0.25) is 0 Å². The van der Waals surface area contributed by atoms with Gasteiger partial charge >= 0.3 is 0 Å². The third kappa shape index (κ3) is 3.51. The smallest absolute Gasteiger partial charge is 0.299 e. The van der Waals surface area contributed by atoms with Crippen molar-refractivity contribution in [3.63, 3.8) is 0 Å². The molecular weight excluding hydrogens is 458 g/mol. The molecule has 1 saturated heterocycles. The van der Waals surface area contributed by atoms with Crippen LogP contribution in [-0.4, -0.2) is 40.4 Å². The molecule has 0 radical (unpaired) electrons. The van der Waals surface area contributed by atoms with Crippen LogP contribution in [0.1, 0.15) is 61.7 Å². The number of benzene rings is 2. The number of imidazole rings is 1. The average molecular weight is 491 g/mol. The number of likely N-dealkylation sites (tertiary alicyclic amines) is 1. The van der Waals surface area contributed by atoms with Crippen LogP contribution in [0.3, 0.4) is 0 Å². The van der Waals surface area contributed by atoms with Crippen LogP contribution >= 0.6 is 0 Å². The number of aromatic amines is 1. The fourth-order valence-electron chi connectivity index (χ4n) is 6.15. The number of aryl methyl sites for hydroxylation is 1. The van der Waals surface area contributed by atoms with E-state index in [0.717, 1.165) is 37.2 Å². The number of hydrogen-bond acceptors (Lipinski definition) is 3. The highest BCUT2D eigenvalue weighted by atomic mass is 19.3. The number of carbonyl (C=O) groups is 1. The van der Waals surface area contributed by atoms with Crippen LogP contribution in [0.4, 0.5) is 8.78 Å². The van der Waals surface area contributed by atoms with E-state index in [9.17, 15) is 4.79 Å². The number of halogens is 2. The van der Waals surface area contributed by atoms with Crippen molar-refractivity contribution in [2.24, 2.45) is 11.3 Å². The predicted octanol–water partition coefficient (Wildman–Crippen LogP) is 5.80. The van der Waals surface area contributed by atoms with Crippen molar-refractivity contribution >= 4 is 5.91 Å². The fraction of sp³-hybridized carbons (Fsp3) is 0.448. The molecule has 1 spiro atoms. The zero-order chi connectivity index (χ0) is 25.4. The maximum absolute atomic E-state index is 15.4. The van der Waals surface area contributed by atoms with Gasteiger partial charge in [0.15, 0.2) is 0 Å². The average Bonchev–Trinajstić information content (AvgIpc) is 3.17. The Hall–Kier alpha value is -3.06. The molecular formula is C29H32F2N4O. The molecule has 2 atom stereocenters. The van der Waals surface area contributed by atoms with Gasteiger partial charge in [-0.1, -0.05) is 43.7 Å². The first-order valence-electron chi connectivity index (χ1n) is 12.8. The van der Waals surface area contributed by atoms with Crippen molar-refractivity contribution in [3.05, 3.63) is 65.1 Å². The summed E-state index contributed by atoms with van der Waals surface area (Å²) in [6.45, 7) is 6.68. The number of likely N-dealkylation sites (N-methyl/N-ethyl adjacent to an activating group) is 1. The maximum atomic E-state index is 15.4. The Morgan fingerprint density at radius 2 is 1.83 bits per heavy atom. The third-order valence-corrected chi connectivity index (χ3v) is 8.38. The SMILES string of the molecule is CN[C@H](C(=O)N1CC2(CC2)C[C@H]1c1ncc(-c2ccc3c(c2)C(F)(F)c2cc(C)ccc2-3)[nH]1)C(C)C. The number of nitrogens with zero attached hydrogens (tertiary/aromatic N) is 2. The van der Waals surface area contributed by atoms with Crippen LogP contribution in [-0.2, 0) is 10.7 Å². The maximum Gasteiger partial charge on any atom is 0.299 e. The summed E-state index contributed by atoms with van der Waals surface area (Å²) in [5.74, 6) is -2.04. The molecule has 2 aromatic carbocycles. The molecule has 3 aliphatic rings. The van der Waals surface area contributed by atoms with E-state index in [1.165, 1.54) is 0 Å². The summed E-state index contributed by atoms with van der Waals surface area (Å²) in [5, 5.41) is 3.18. The first kappa shape index (κ1) is 23.3. The first-order valence-corrected chi connectivity index (χ1v) is 12.8. The molecule has 1 amide bonds. The van der Waals surface area contributed by atoms with E-state index in [1.807, 2.05) is 44.9 Å². The van der Waals surface area contributed by atoms with Gasteiger partial charge in [0.25, 0.3) is 5.92 Å². The molecule has 36 heavy (non-hydrogen) atoms. The first-order chi connectivity index (χ1) is 17.1. The Morgan fingerprint density at radius 3 is 2.50 bits per heavy atom. The molecule has 1 aromatic heterocycles. The molecule has 1 aliphatic heterocycles. The van der Waals surface area contributed by atoms with Gasteiger partial charge in [0.1, 0.15) is 5.82 Å². The van der Waals surface area contributed by atoms with Crippen molar-refractivity contribution in [1.29, 1.82) is 0 Å². The van der Waals surface area contributed by atoms with Crippen molar-refractivity contribution < 1.29 is 13.6 Å². The summed E-state index contributed by atoms with van der Waals surface area (Å²) >= 11 is 0. The molecule has 2 N–H and O–H groups in total. The number of hydrogen-bond donors (Lipinski definition) is 2. The minimum atomic E-state index is -3.04. The second-order valence-corrected chi connectivity index (χ2v) is 11.3. The lowest BCUT2D eigenvalue weighted by Gasteiger charge is -2.29. The zero-order valence-electron chi connectivity index (χ0n) is 21.2. The Labute approximate surface area is 210 Å². The Morgan fingerprint density at radius 1 is 1.14 bits per heavy atom. The summed E-state index contributed by atoms with van der Waals surface area (Å²) < 4.78 is 30.8. The van der Waals surface area contributed by atoms with Crippen LogP contribution < -0.4 is 5.32 Å². The summed E-state index contributed by atoms with van der Waals surface area (Å²) in [4.78, 5) is 23.5. The van der Waals surface area contributed by atoms with Gasteiger partial charge in [-0.2, -0.15) is 8.78 Å². The van der Waals surface area contributed by atoms with E-state index in [1.54, 1.807) is 30.5 Å². The van der Waals surface area contributed by atoms with Gasteiger partial charge in [-0.05, 0) is 67.8 Å². The van der Waals surface area contributed by atoms with E-state index in [-0.39, 0.29) is 40.5 Å². The van der Waals surface area contributed by atoms with Gasteiger partial charge in [-0.3, -0.25) is 4.79 Å². The highest BCUT2D eigenvalue weighted by Crippen LogP contribution is 2.58. The Kier molecular flexibility index (Phi) is 5.17. The molecule has 6 rings (SSSR count). The predicted molar refractivity (Wildman–Crippen MR) is 136 cm³/mol. The fourth-order valence-corrected chi connectivity index (χ4v) is 6.15. The van der Waals surface area contributed by atoms with Gasteiger partial charge in [0.2, 0.25) is 5.91 Å². The van der Waals surface area contributed by atoms with Crippen LogP contribution in [0.5, 0.6) is 0 Å². The normalized spacial score (nSPS) is 21.6. The molecule has 2 heterocycles. The minimum absolute atomic E-state index is 0.0279. The largest absolute Gasteiger partial charge is 0.340 e. The van der Waals surface area contributed by atoms with E-state index < -0.39 is 5.92 Å². The van der Waals surface area contributed by atoms with E-state index in [4.69, 9.17) is 0 Å². The van der Waals surface area contributed by atoms with Gasteiger partial charge in [0, 0.05) is 23.2 Å². The number of carbonyl (C=O) groups excluding carboxylic acids is 1. The number of alkyl halides is 2. The lowest BCUT2D eigenvalue weighted by atomic mass is 10.0. The monoisotopic (exact) mass is 490 g/mol. The minimum Gasteiger partial charge on any atom is -0.340 e. The van der Waals surface area contributed by atoms with Crippen molar-refractivity contribution in [2.45, 2.75) is 58.0 Å². The number of nitrogens with one attached hydrogen (secondary N) is 2. The van der Waals surface area contributed by atoms with Crippen molar-refractivity contribution in [2.75, 3.05) is 13.6 Å². The van der Waals surface area contributed by atoms with Crippen LogP contribution in [0, 0.1) is 18.3 Å².